The van der Waals surface area contributed by atoms with E-state index in [0.29, 0.717) is 31.3 Å². The number of carbonyl (C=O) groups is 3. The molecule has 3 amide bonds. The Bertz CT molecular complexity index is 1690. The van der Waals surface area contributed by atoms with Crippen LogP contribution in [0.5, 0.6) is 0 Å². The molecule has 3 N–H and O–H groups in total. The van der Waals surface area contributed by atoms with Crippen LogP contribution in [0.3, 0.4) is 0 Å². The lowest BCUT2D eigenvalue weighted by Gasteiger charge is -2.30. The van der Waals surface area contributed by atoms with Gasteiger partial charge in [-0.25, -0.2) is 19.6 Å². The van der Waals surface area contributed by atoms with E-state index in [1.54, 1.807) is 22.2 Å². The number of ether oxygens (including phenoxy) is 2. The maximum absolute atomic E-state index is 12.9. The first-order chi connectivity index (χ1) is 23.3. The first kappa shape index (κ1) is 36.7. The van der Waals surface area contributed by atoms with Gasteiger partial charge in [0.1, 0.15) is 23.8 Å². The topological polar surface area (TPSA) is 146 Å². The minimum atomic E-state index is -0.647. The quantitative estimate of drug-likeness (QED) is 0.139. The summed E-state index contributed by atoms with van der Waals surface area (Å²) >= 11 is 0. The van der Waals surface area contributed by atoms with Crippen molar-refractivity contribution in [3.8, 4) is 33.6 Å². The fourth-order valence-corrected chi connectivity index (χ4v) is 5.17. The van der Waals surface area contributed by atoms with Crippen molar-refractivity contribution < 1.29 is 23.9 Å². The first-order valence-electron chi connectivity index (χ1n) is 16.6. The fourth-order valence-electron chi connectivity index (χ4n) is 5.17. The first-order valence-corrected chi connectivity index (χ1v) is 16.6. The molecule has 2 aromatic heterocycles. The van der Waals surface area contributed by atoms with Crippen molar-refractivity contribution in [2.24, 2.45) is 5.92 Å². The molecular weight excluding hydrogens is 622 g/mol. The van der Waals surface area contributed by atoms with Gasteiger partial charge in [-0.05, 0) is 62.3 Å². The lowest BCUT2D eigenvalue weighted by Crippen LogP contribution is -2.41. The van der Waals surface area contributed by atoms with Crippen LogP contribution in [-0.4, -0.2) is 79.7 Å². The highest BCUT2D eigenvalue weighted by atomic mass is 16.6. The van der Waals surface area contributed by atoms with Gasteiger partial charge < -0.3 is 29.7 Å². The summed E-state index contributed by atoms with van der Waals surface area (Å²) < 4.78 is 10.2. The zero-order valence-corrected chi connectivity index (χ0v) is 29.8. The Kier molecular flexibility index (Phi) is 12.2. The van der Waals surface area contributed by atoms with E-state index in [1.165, 1.54) is 7.11 Å². The smallest absolute Gasteiger partial charge is 0.410 e. The molecule has 0 aliphatic rings. The summed E-state index contributed by atoms with van der Waals surface area (Å²) in [6.45, 7) is 14.7. The van der Waals surface area contributed by atoms with E-state index < -0.39 is 11.7 Å². The summed E-state index contributed by atoms with van der Waals surface area (Å²) in [6, 6.07) is 16.4. The van der Waals surface area contributed by atoms with Gasteiger partial charge in [-0.2, -0.15) is 0 Å². The van der Waals surface area contributed by atoms with Crippen LogP contribution in [0.2, 0.25) is 0 Å². The second-order valence-electron chi connectivity index (χ2n) is 13.5. The number of aromatic amines is 2. The van der Waals surface area contributed by atoms with E-state index in [4.69, 9.17) is 4.74 Å². The lowest BCUT2D eigenvalue weighted by molar-refractivity contribution is -0.131. The number of nitrogens with one attached hydrogen (secondary N) is 3. The highest BCUT2D eigenvalue weighted by Gasteiger charge is 2.26. The van der Waals surface area contributed by atoms with Crippen LogP contribution in [0, 0.1) is 5.92 Å². The Morgan fingerprint density at radius 1 is 0.816 bits per heavy atom. The molecule has 2 aromatic carbocycles. The van der Waals surface area contributed by atoms with Crippen LogP contribution in [0.15, 0.2) is 60.9 Å². The van der Waals surface area contributed by atoms with Gasteiger partial charge in [0.05, 0.1) is 44.0 Å². The van der Waals surface area contributed by atoms with E-state index >= 15 is 0 Å². The number of nitrogens with zero attached hydrogens (tertiary/aromatic N) is 4. The highest BCUT2D eigenvalue weighted by Crippen LogP contribution is 2.27. The molecule has 1 atom stereocenters. The molecular formula is C37H49N7O5. The number of H-pyrrole nitrogens is 2. The Morgan fingerprint density at radius 3 is 1.76 bits per heavy atom. The van der Waals surface area contributed by atoms with E-state index in [-0.39, 0.29) is 30.5 Å². The van der Waals surface area contributed by atoms with Crippen molar-refractivity contribution in [2.75, 3.05) is 20.2 Å². The molecule has 2 heterocycles. The number of hydrogen-bond donors (Lipinski definition) is 3. The number of hydrogen-bond acceptors (Lipinski definition) is 7. The summed E-state index contributed by atoms with van der Waals surface area (Å²) in [4.78, 5) is 56.2. The van der Waals surface area contributed by atoms with Crippen LogP contribution >= 0.6 is 0 Å². The molecule has 1 unspecified atom stereocenters. The summed E-state index contributed by atoms with van der Waals surface area (Å²) in [5, 5.41) is 2.45. The third-order valence-corrected chi connectivity index (χ3v) is 7.90. The molecule has 0 radical (unpaired) electrons. The average molecular weight is 672 g/mol. The highest BCUT2D eigenvalue weighted by molar-refractivity contribution is 5.82. The summed E-state index contributed by atoms with van der Waals surface area (Å²) in [7, 11) is 1.26. The molecule has 0 aliphatic carbocycles. The normalized spacial score (nSPS) is 12.0. The molecule has 0 fully saturated rings. The SMILES string of the molecule is CCC(C)N(Cc1ncc(-c2ccc(-c3ccc(-c4cnc(CN(CC(C)C)C(=O)CNC(=O)OC)[nH]4)cc3)cc2)[nH]1)C(=O)OC(C)(C)C. The molecule has 262 valence electrons. The maximum Gasteiger partial charge on any atom is 0.410 e. The summed E-state index contributed by atoms with van der Waals surface area (Å²) in [5.41, 5.74) is 5.22. The molecule has 0 saturated heterocycles. The molecule has 12 heteroatoms. The Hall–Kier alpha value is -5.13. The van der Waals surface area contributed by atoms with E-state index in [1.807, 2.05) is 72.7 Å². The molecule has 0 bridgehead atoms. The van der Waals surface area contributed by atoms with E-state index in [9.17, 15) is 14.4 Å². The monoisotopic (exact) mass is 671 g/mol. The van der Waals surface area contributed by atoms with Crippen LogP contribution < -0.4 is 5.32 Å². The minimum absolute atomic E-state index is 0.00306. The van der Waals surface area contributed by atoms with E-state index in [2.05, 4.69) is 54.3 Å². The van der Waals surface area contributed by atoms with Crippen LogP contribution in [0.25, 0.3) is 33.6 Å². The zero-order valence-electron chi connectivity index (χ0n) is 29.8. The van der Waals surface area contributed by atoms with Gasteiger partial charge >= 0.3 is 12.2 Å². The van der Waals surface area contributed by atoms with Crippen molar-refractivity contribution in [3.63, 3.8) is 0 Å². The lowest BCUT2D eigenvalue weighted by atomic mass is 10.0. The molecule has 0 aliphatic heterocycles. The number of imidazole rings is 2. The van der Waals surface area contributed by atoms with Gasteiger partial charge in [0.25, 0.3) is 0 Å². The number of amides is 3. The zero-order chi connectivity index (χ0) is 35.7. The molecule has 0 spiro atoms. The average Bonchev–Trinajstić information content (AvgIpc) is 3.74. The number of aromatic nitrogens is 4. The molecule has 4 rings (SSSR count). The summed E-state index contributed by atoms with van der Waals surface area (Å²) in [5.74, 6) is 1.37. The maximum atomic E-state index is 12.9. The second kappa shape index (κ2) is 16.3. The van der Waals surface area contributed by atoms with Gasteiger partial charge in [-0.3, -0.25) is 9.69 Å². The third kappa shape index (κ3) is 10.4. The third-order valence-electron chi connectivity index (χ3n) is 7.90. The van der Waals surface area contributed by atoms with E-state index in [0.717, 1.165) is 40.1 Å². The van der Waals surface area contributed by atoms with Crippen LogP contribution in [0.1, 0.15) is 66.5 Å². The van der Waals surface area contributed by atoms with Crippen LogP contribution in [0.4, 0.5) is 9.59 Å². The second-order valence-corrected chi connectivity index (χ2v) is 13.5. The van der Waals surface area contributed by atoms with Crippen molar-refractivity contribution in [3.05, 3.63) is 72.6 Å². The largest absolute Gasteiger partial charge is 0.453 e. The van der Waals surface area contributed by atoms with Gasteiger partial charge in [0.15, 0.2) is 0 Å². The minimum Gasteiger partial charge on any atom is -0.453 e. The van der Waals surface area contributed by atoms with Gasteiger partial charge in [-0.1, -0.05) is 69.3 Å². The number of rotatable bonds is 13. The molecule has 0 saturated carbocycles. The fraction of sp³-hybridized carbons (Fsp3) is 0.432. The van der Waals surface area contributed by atoms with Crippen molar-refractivity contribution in [2.45, 2.75) is 79.6 Å². The van der Waals surface area contributed by atoms with Gasteiger partial charge in [0.2, 0.25) is 5.91 Å². The number of carbonyl (C=O) groups excluding carboxylic acids is 3. The molecule has 49 heavy (non-hydrogen) atoms. The molecule has 12 nitrogen and oxygen atoms in total. The predicted molar refractivity (Wildman–Crippen MR) is 189 cm³/mol. The predicted octanol–water partition coefficient (Wildman–Crippen LogP) is 7.01. The number of methoxy groups -OCH3 is 1. The number of alkyl carbamates (subject to hydrolysis) is 1. The van der Waals surface area contributed by atoms with Gasteiger partial charge in [-0.15, -0.1) is 0 Å². The van der Waals surface area contributed by atoms with Crippen LogP contribution in [-0.2, 0) is 27.4 Å². The summed E-state index contributed by atoms with van der Waals surface area (Å²) in [6.07, 6.45) is 3.36. The Morgan fingerprint density at radius 2 is 1.31 bits per heavy atom. The van der Waals surface area contributed by atoms with Crippen molar-refractivity contribution in [1.29, 1.82) is 0 Å². The number of benzene rings is 2. The van der Waals surface area contributed by atoms with Gasteiger partial charge in [0, 0.05) is 12.6 Å². The Labute approximate surface area is 288 Å². The molecule has 4 aromatic rings. The Balaban J connectivity index is 1.40. The van der Waals surface area contributed by atoms with Crippen molar-refractivity contribution in [1.82, 2.24) is 35.1 Å². The standard InChI is InChI=1S/C37H49N7O5/c1-9-25(4)44(36(47)49-37(5,6)7)23-33-39-19-31(42-33)29-16-12-27(13-17-29)26-10-14-28(15-11-26)30-18-38-32(41-30)22-43(21-24(2)3)34(45)20-40-35(46)48-8/h10-19,24-25H,9,20-23H2,1-8H3,(H,38,41)(H,39,42)(H,40,46). The van der Waals surface area contributed by atoms with Crippen molar-refractivity contribution >= 4 is 18.1 Å².